The molecule has 4 N–H and O–H groups in total. The molecule has 1 aliphatic rings. The number of amides is 1. The van der Waals surface area contributed by atoms with Gasteiger partial charge in [-0.15, -0.1) is 0 Å². The van der Waals surface area contributed by atoms with Crippen molar-refractivity contribution in [2.24, 2.45) is 23.0 Å². The number of carbonyl (C=O) groups excluding carboxylic acids is 1. The normalized spacial score (nSPS) is 28.1. The van der Waals surface area contributed by atoms with E-state index in [0.717, 1.165) is 25.7 Å². The van der Waals surface area contributed by atoms with Gasteiger partial charge in [0, 0.05) is 6.54 Å². The minimum Gasteiger partial charge on any atom is -0.480 e. The fraction of sp³-hybridized carbons (Fsp3) is 0.867. The summed E-state index contributed by atoms with van der Waals surface area (Å²) in [6, 6.07) is -0.815. The van der Waals surface area contributed by atoms with Crippen LogP contribution in [-0.4, -0.2) is 29.6 Å². The largest absolute Gasteiger partial charge is 0.480 e. The second-order valence-corrected chi connectivity index (χ2v) is 6.66. The van der Waals surface area contributed by atoms with Gasteiger partial charge in [0.2, 0.25) is 5.91 Å². The van der Waals surface area contributed by atoms with Crippen LogP contribution >= 0.6 is 0 Å². The Kier molecular flexibility index (Phi) is 5.99. The van der Waals surface area contributed by atoms with Crippen LogP contribution in [0.25, 0.3) is 0 Å². The third-order valence-electron chi connectivity index (χ3n) is 4.41. The highest BCUT2D eigenvalue weighted by Crippen LogP contribution is 2.38. The Morgan fingerprint density at radius 2 is 1.90 bits per heavy atom. The summed E-state index contributed by atoms with van der Waals surface area (Å²) in [4.78, 5) is 23.8. The monoisotopic (exact) mass is 284 g/mol. The van der Waals surface area contributed by atoms with Crippen LogP contribution in [-0.2, 0) is 9.59 Å². The third-order valence-corrected chi connectivity index (χ3v) is 4.41. The Bertz CT molecular complexity index is 347. The van der Waals surface area contributed by atoms with Crippen molar-refractivity contribution in [3.8, 4) is 0 Å². The lowest BCUT2D eigenvalue weighted by atomic mass is 9.70. The standard InChI is InChI=1S/C15H28N2O3/c1-10(2)8-12(13(18)19)17-14(20)15(9-16)6-4-11(3)5-7-15/h10-12H,4-9,16H2,1-3H3,(H,17,20)(H,18,19)/t11?,12-,15?/m0/s1. The zero-order valence-corrected chi connectivity index (χ0v) is 12.8. The average molecular weight is 284 g/mol. The number of nitrogens with two attached hydrogens (primary N) is 1. The molecule has 0 aromatic rings. The Hall–Kier alpha value is -1.10. The van der Waals surface area contributed by atoms with Gasteiger partial charge in [-0.1, -0.05) is 20.8 Å². The van der Waals surface area contributed by atoms with Crippen molar-refractivity contribution in [2.75, 3.05) is 6.54 Å². The summed E-state index contributed by atoms with van der Waals surface area (Å²) < 4.78 is 0. The highest BCUT2D eigenvalue weighted by atomic mass is 16.4. The first-order chi connectivity index (χ1) is 9.30. The molecule has 0 heterocycles. The minimum atomic E-state index is -0.969. The fourth-order valence-corrected chi connectivity index (χ4v) is 2.84. The topological polar surface area (TPSA) is 92.4 Å². The second kappa shape index (κ2) is 7.07. The first-order valence-electron chi connectivity index (χ1n) is 7.54. The number of nitrogens with one attached hydrogen (secondary N) is 1. The zero-order chi connectivity index (χ0) is 15.3. The Labute approximate surface area is 121 Å². The van der Waals surface area contributed by atoms with Crippen molar-refractivity contribution < 1.29 is 14.7 Å². The summed E-state index contributed by atoms with van der Waals surface area (Å²) in [5, 5.41) is 11.9. The molecule has 0 bridgehead atoms. The van der Waals surface area contributed by atoms with E-state index < -0.39 is 17.4 Å². The van der Waals surface area contributed by atoms with E-state index in [1.165, 1.54) is 0 Å². The van der Waals surface area contributed by atoms with Gasteiger partial charge in [0.1, 0.15) is 6.04 Å². The molecular weight excluding hydrogens is 256 g/mol. The number of hydrogen-bond acceptors (Lipinski definition) is 3. The Balaban J connectivity index is 2.73. The molecule has 1 rings (SSSR count). The van der Waals surface area contributed by atoms with Crippen molar-refractivity contribution in [2.45, 2.75) is 58.9 Å². The van der Waals surface area contributed by atoms with Crippen LogP contribution in [0.3, 0.4) is 0 Å². The Morgan fingerprint density at radius 1 is 1.35 bits per heavy atom. The molecule has 20 heavy (non-hydrogen) atoms. The number of rotatable bonds is 6. The van der Waals surface area contributed by atoms with Crippen LogP contribution in [0, 0.1) is 17.3 Å². The summed E-state index contributed by atoms with van der Waals surface area (Å²) >= 11 is 0. The molecule has 0 aromatic carbocycles. The molecule has 1 saturated carbocycles. The van der Waals surface area contributed by atoms with Crippen LogP contribution in [0.4, 0.5) is 0 Å². The summed E-state index contributed by atoms with van der Waals surface area (Å²) in [7, 11) is 0. The third kappa shape index (κ3) is 4.20. The summed E-state index contributed by atoms with van der Waals surface area (Å²) in [6.07, 6.45) is 3.91. The first kappa shape index (κ1) is 17.0. The van der Waals surface area contributed by atoms with Gasteiger partial charge in [0.15, 0.2) is 0 Å². The summed E-state index contributed by atoms with van der Waals surface area (Å²) in [5.41, 5.74) is 5.26. The van der Waals surface area contributed by atoms with Crippen LogP contribution in [0.1, 0.15) is 52.9 Å². The molecule has 0 saturated heterocycles. The molecule has 0 radical (unpaired) electrons. The van der Waals surface area contributed by atoms with E-state index in [-0.39, 0.29) is 11.8 Å². The average Bonchev–Trinajstić information content (AvgIpc) is 2.38. The van der Waals surface area contributed by atoms with Gasteiger partial charge in [0.25, 0.3) is 0 Å². The highest BCUT2D eigenvalue weighted by molar-refractivity contribution is 5.87. The predicted molar refractivity (Wildman–Crippen MR) is 78.1 cm³/mol. The van der Waals surface area contributed by atoms with E-state index in [1.807, 2.05) is 13.8 Å². The van der Waals surface area contributed by atoms with Crippen molar-refractivity contribution in [1.82, 2.24) is 5.32 Å². The molecular formula is C15H28N2O3. The van der Waals surface area contributed by atoms with Crippen molar-refractivity contribution in [1.29, 1.82) is 0 Å². The summed E-state index contributed by atoms with van der Waals surface area (Å²) in [6.45, 7) is 6.36. The summed E-state index contributed by atoms with van der Waals surface area (Å²) in [5.74, 6) is -0.312. The van der Waals surface area contributed by atoms with Gasteiger partial charge in [-0.25, -0.2) is 4.79 Å². The van der Waals surface area contributed by atoms with Gasteiger partial charge in [0.05, 0.1) is 5.41 Å². The Morgan fingerprint density at radius 3 is 2.30 bits per heavy atom. The zero-order valence-electron chi connectivity index (χ0n) is 12.8. The molecule has 0 aromatic heterocycles. The quantitative estimate of drug-likeness (QED) is 0.693. The molecule has 1 aliphatic carbocycles. The van der Waals surface area contributed by atoms with Crippen LogP contribution in [0.5, 0.6) is 0 Å². The number of carbonyl (C=O) groups is 2. The van der Waals surface area contributed by atoms with Gasteiger partial charge in [-0.3, -0.25) is 4.79 Å². The molecule has 1 atom stereocenters. The maximum Gasteiger partial charge on any atom is 0.326 e. The smallest absolute Gasteiger partial charge is 0.326 e. The van der Waals surface area contributed by atoms with Crippen molar-refractivity contribution in [3.63, 3.8) is 0 Å². The number of carboxylic acids is 1. The van der Waals surface area contributed by atoms with Crippen LogP contribution in [0.15, 0.2) is 0 Å². The molecule has 5 nitrogen and oxygen atoms in total. The van der Waals surface area contributed by atoms with Crippen LogP contribution < -0.4 is 11.1 Å². The van der Waals surface area contributed by atoms with E-state index in [0.29, 0.717) is 18.9 Å². The predicted octanol–water partition coefficient (Wildman–Crippen LogP) is 1.76. The van der Waals surface area contributed by atoms with E-state index in [9.17, 15) is 14.7 Å². The molecule has 1 fully saturated rings. The molecule has 0 spiro atoms. The second-order valence-electron chi connectivity index (χ2n) is 6.66. The lowest BCUT2D eigenvalue weighted by Gasteiger charge is -2.37. The minimum absolute atomic E-state index is 0.181. The number of carboxylic acid groups (broad SMARTS) is 1. The van der Waals surface area contributed by atoms with E-state index in [4.69, 9.17) is 5.73 Å². The lowest BCUT2D eigenvalue weighted by molar-refractivity contribution is -0.145. The van der Waals surface area contributed by atoms with E-state index in [1.54, 1.807) is 0 Å². The van der Waals surface area contributed by atoms with Crippen LogP contribution in [0.2, 0.25) is 0 Å². The number of aliphatic carboxylic acids is 1. The molecule has 1 amide bonds. The van der Waals surface area contributed by atoms with Gasteiger partial charge >= 0.3 is 5.97 Å². The fourth-order valence-electron chi connectivity index (χ4n) is 2.84. The SMILES string of the molecule is CC(C)C[C@H](NC(=O)C1(CN)CCC(C)CC1)C(=O)O. The molecule has 0 unspecified atom stereocenters. The van der Waals surface area contributed by atoms with Gasteiger partial charge in [-0.2, -0.15) is 0 Å². The van der Waals surface area contributed by atoms with Crippen molar-refractivity contribution >= 4 is 11.9 Å². The van der Waals surface area contributed by atoms with Crippen molar-refractivity contribution in [3.05, 3.63) is 0 Å². The van der Waals surface area contributed by atoms with Gasteiger partial charge in [-0.05, 0) is 43.9 Å². The molecule has 116 valence electrons. The van der Waals surface area contributed by atoms with E-state index in [2.05, 4.69) is 12.2 Å². The maximum absolute atomic E-state index is 12.5. The maximum atomic E-state index is 12.5. The molecule has 5 heteroatoms. The van der Waals surface area contributed by atoms with Gasteiger partial charge < -0.3 is 16.2 Å². The lowest BCUT2D eigenvalue weighted by Crippen LogP contribution is -2.52. The molecule has 0 aliphatic heterocycles. The highest BCUT2D eigenvalue weighted by Gasteiger charge is 2.41. The first-order valence-corrected chi connectivity index (χ1v) is 7.54. The number of hydrogen-bond donors (Lipinski definition) is 3. The van der Waals surface area contributed by atoms with E-state index >= 15 is 0 Å².